The van der Waals surface area contributed by atoms with Crippen molar-refractivity contribution in [1.29, 1.82) is 0 Å². The summed E-state index contributed by atoms with van der Waals surface area (Å²) in [5.74, 6) is 0.211. The van der Waals surface area contributed by atoms with Crippen LogP contribution in [-0.2, 0) is 11.0 Å². The normalized spacial score (nSPS) is 14.8. The fourth-order valence-corrected chi connectivity index (χ4v) is 5.29. The molecule has 2 aromatic carbocycles. The molecule has 2 heterocycles. The van der Waals surface area contributed by atoms with Crippen LogP contribution in [0, 0.1) is 5.92 Å². The third-order valence-electron chi connectivity index (χ3n) is 5.97. The van der Waals surface area contributed by atoms with Crippen molar-refractivity contribution in [3.63, 3.8) is 0 Å². The van der Waals surface area contributed by atoms with Crippen LogP contribution in [0.2, 0.25) is 0 Å². The van der Waals surface area contributed by atoms with E-state index in [1.165, 1.54) is 18.5 Å². The summed E-state index contributed by atoms with van der Waals surface area (Å²) in [4.78, 5) is 21.7. The predicted molar refractivity (Wildman–Crippen MR) is 131 cm³/mol. The standard InChI is InChI=1S/C26H27F3N4OS/c1-16(2)19-5-3-4-6-22(19)35-23-8-7-18(13-20(23)26(27,28)29)21-14-24(32-15-31-21)33-25(34)17-9-11-30-12-10-17/h3-8,13-17,30H,9-12H2,1-2H3,(H,31,32,33,34). The van der Waals surface area contributed by atoms with Gasteiger partial charge in [-0.25, -0.2) is 9.97 Å². The van der Waals surface area contributed by atoms with Crippen LogP contribution in [-0.4, -0.2) is 29.0 Å². The first kappa shape index (κ1) is 25.2. The number of nitrogens with zero attached hydrogens (tertiary/aromatic N) is 2. The minimum Gasteiger partial charge on any atom is -0.317 e. The number of alkyl halides is 3. The van der Waals surface area contributed by atoms with Gasteiger partial charge in [0.25, 0.3) is 0 Å². The van der Waals surface area contributed by atoms with Crippen LogP contribution in [0.4, 0.5) is 19.0 Å². The molecule has 1 amide bonds. The lowest BCUT2D eigenvalue weighted by Gasteiger charge is -2.21. The molecular formula is C26H27F3N4OS. The van der Waals surface area contributed by atoms with Gasteiger partial charge in [-0.3, -0.25) is 4.79 Å². The Morgan fingerprint density at radius 1 is 1.06 bits per heavy atom. The summed E-state index contributed by atoms with van der Waals surface area (Å²) in [6.45, 7) is 5.59. The first-order chi connectivity index (χ1) is 16.7. The maximum atomic E-state index is 14.1. The number of carbonyl (C=O) groups excluding carboxylic acids is 1. The molecule has 0 spiro atoms. The van der Waals surface area contributed by atoms with Crippen molar-refractivity contribution in [2.75, 3.05) is 18.4 Å². The molecule has 0 unspecified atom stereocenters. The van der Waals surface area contributed by atoms with Gasteiger partial charge in [0.05, 0.1) is 11.3 Å². The Labute approximate surface area is 207 Å². The molecule has 0 atom stereocenters. The highest BCUT2D eigenvalue weighted by Gasteiger charge is 2.34. The van der Waals surface area contributed by atoms with E-state index in [0.29, 0.717) is 11.3 Å². The monoisotopic (exact) mass is 500 g/mol. The molecule has 1 fully saturated rings. The zero-order valence-corrected chi connectivity index (χ0v) is 20.3. The molecule has 3 aromatic rings. The second kappa shape index (κ2) is 10.8. The molecule has 4 rings (SSSR count). The minimum absolute atomic E-state index is 0.114. The summed E-state index contributed by atoms with van der Waals surface area (Å²) in [6.07, 6.45) is -1.82. The number of amides is 1. The lowest BCUT2D eigenvalue weighted by atomic mass is 9.97. The van der Waals surface area contributed by atoms with Gasteiger partial charge in [-0.2, -0.15) is 13.2 Å². The van der Waals surface area contributed by atoms with Gasteiger partial charge in [0.2, 0.25) is 5.91 Å². The van der Waals surface area contributed by atoms with E-state index in [4.69, 9.17) is 0 Å². The summed E-state index contributed by atoms with van der Waals surface area (Å²) >= 11 is 1.11. The van der Waals surface area contributed by atoms with Gasteiger partial charge in [-0.05, 0) is 55.6 Å². The van der Waals surface area contributed by atoms with Gasteiger partial charge < -0.3 is 10.6 Å². The van der Waals surface area contributed by atoms with Gasteiger partial charge in [-0.1, -0.05) is 49.9 Å². The largest absolute Gasteiger partial charge is 0.417 e. The molecule has 0 bridgehead atoms. The van der Waals surface area contributed by atoms with Gasteiger partial charge in [-0.15, -0.1) is 0 Å². The molecule has 1 saturated heterocycles. The van der Waals surface area contributed by atoms with Gasteiger partial charge in [0.1, 0.15) is 12.1 Å². The second-order valence-electron chi connectivity index (χ2n) is 8.81. The molecular weight excluding hydrogens is 473 g/mol. The maximum absolute atomic E-state index is 14.1. The van der Waals surface area contributed by atoms with Crippen LogP contribution < -0.4 is 10.6 Å². The Kier molecular flexibility index (Phi) is 7.76. The number of halogens is 3. The fraction of sp³-hybridized carbons (Fsp3) is 0.346. The van der Waals surface area contributed by atoms with Crippen LogP contribution in [0.25, 0.3) is 11.3 Å². The van der Waals surface area contributed by atoms with Crippen molar-refractivity contribution in [3.05, 3.63) is 66.0 Å². The van der Waals surface area contributed by atoms with Crippen LogP contribution >= 0.6 is 11.8 Å². The first-order valence-corrected chi connectivity index (χ1v) is 12.4. The maximum Gasteiger partial charge on any atom is 0.417 e. The molecule has 0 aliphatic carbocycles. The van der Waals surface area contributed by atoms with Gasteiger partial charge in [0.15, 0.2) is 0 Å². The Hall–Kier alpha value is -2.91. The van der Waals surface area contributed by atoms with E-state index in [1.807, 2.05) is 38.1 Å². The topological polar surface area (TPSA) is 66.9 Å². The number of piperidine rings is 1. The Morgan fingerprint density at radius 3 is 2.51 bits per heavy atom. The summed E-state index contributed by atoms with van der Waals surface area (Å²) in [5, 5.41) is 5.99. The zero-order chi connectivity index (χ0) is 25.0. The Morgan fingerprint density at radius 2 is 1.80 bits per heavy atom. The molecule has 1 aromatic heterocycles. The Balaban J connectivity index is 1.62. The highest BCUT2D eigenvalue weighted by molar-refractivity contribution is 7.99. The summed E-state index contributed by atoms with van der Waals surface area (Å²) < 4.78 is 42.2. The molecule has 35 heavy (non-hydrogen) atoms. The van der Waals surface area contributed by atoms with Crippen molar-refractivity contribution in [2.24, 2.45) is 5.92 Å². The van der Waals surface area contributed by atoms with Crippen molar-refractivity contribution in [2.45, 2.75) is 48.6 Å². The van der Waals surface area contributed by atoms with Crippen LogP contribution in [0.3, 0.4) is 0 Å². The van der Waals surface area contributed by atoms with Crippen LogP contribution in [0.15, 0.2) is 64.6 Å². The molecule has 0 radical (unpaired) electrons. The first-order valence-electron chi connectivity index (χ1n) is 11.5. The third kappa shape index (κ3) is 6.21. The highest BCUT2D eigenvalue weighted by Crippen LogP contribution is 2.43. The second-order valence-corrected chi connectivity index (χ2v) is 9.89. The van der Waals surface area contributed by atoms with E-state index >= 15 is 0 Å². The third-order valence-corrected chi connectivity index (χ3v) is 7.14. The number of benzene rings is 2. The van der Waals surface area contributed by atoms with Gasteiger partial charge >= 0.3 is 6.18 Å². The number of nitrogens with one attached hydrogen (secondary N) is 2. The SMILES string of the molecule is CC(C)c1ccccc1Sc1ccc(-c2cc(NC(=O)C3CCNCC3)ncn2)cc1C(F)(F)F. The summed E-state index contributed by atoms with van der Waals surface area (Å²) in [7, 11) is 0. The van der Waals surface area contributed by atoms with Crippen molar-refractivity contribution >= 4 is 23.5 Å². The number of carbonyl (C=O) groups is 1. The van der Waals surface area contributed by atoms with Gasteiger partial charge in [0, 0.05) is 27.3 Å². The Bertz CT molecular complexity index is 1190. The summed E-state index contributed by atoms with van der Waals surface area (Å²) in [6, 6.07) is 13.2. The minimum atomic E-state index is -4.54. The number of hydrogen-bond donors (Lipinski definition) is 2. The molecule has 1 aliphatic heterocycles. The van der Waals surface area contributed by atoms with Crippen LogP contribution in [0.5, 0.6) is 0 Å². The highest BCUT2D eigenvalue weighted by atomic mass is 32.2. The smallest absolute Gasteiger partial charge is 0.317 e. The molecule has 0 saturated carbocycles. The molecule has 2 N–H and O–H groups in total. The average Bonchev–Trinajstić information content (AvgIpc) is 2.84. The average molecular weight is 501 g/mol. The van der Waals surface area contributed by atoms with E-state index in [1.54, 1.807) is 6.07 Å². The molecule has 1 aliphatic rings. The lowest BCUT2D eigenvalue weighted by Crippen LogP contribution is -2.34. The van der Waals surface area contributed by atoms with Crippen molar-refractivity contribution in [3.8, 4) is 11.3 Å². The van der Waals surface area contributed by atoms with Crippen molar-refractivity contribution < 1.29 is 18.0 Å². The van der Waals surface area contributed by atoms with E-state index in [-0.39, 0.29) is 28.5 Å². The predicted octanol–water partition coefficient (Wildman–Crippen LogP) is 6.38. The van der Waals surface area contributed by atoms with E-state index in [2.05, 4.69) is 20.6 Å². The van der Waals surface area contributed by atoms with E-state index in [0.717, 1.165) is 54.2 Å². The molecule has 9 heteroatoms. The quantitative estimate of drug-likeness (QED) is 0.411. The summed E-state index contributed by atoms with van der Waals surface area (Å²) in [5.41, 5.74) is 0.890. The lowest BCUT2D eigenvalue weighted by molar-refractivity contribution is -0.139. The number of rotatable bonds is 6. The van der Waals surface area contributed by atoms with Crippen molar-refractivity contribution in [1.82, 2.24) is 15.3 Å². The van der Waals surface area contributed by atoms with E-state index in [9.17, 15) is 18.0 Å². The van der Waals surface area contributed by atoms with Crippen LogP contribution in [0.1, 0.15) is 43.7 Å². The fourth-order valence-electron chi connectivity index (χ4n) is 4.06. The molecule has 5 nitrogen and oxygen atoms in total. The molecule has 184 valence electrons. The number of hydrogen-bond acceptors (Lipinski definition) is 5. The number of anilines is 1. The zero-order valence-electron chi connectivity index (χ0n) is 19.5. The number of aromatic nitrogens is 2. The van der Waals surface area contributed by atoms with E-state index < -0.39 is 11.7 Å².